The van der Waals surface area contributed by atoms with E-state index in [0.717, 1.165) is 18.2 Å². The summed E-state index contributed by atoms with van der Waals surface area (Å²) in [5, 5.41) is -0.737. The number of nitrogens with zero attached hydrogens (tertiary/aromatic N) is 1. The number of fused-ring (bicyclic) bond motifs is 1. The van der Waals surface area contributed by atoms with Crippen LogP contribution in [0.4, 0.5) is 8.78 Å². The van der Waals surface area contributed by atoms with E-state index >= 15 is 0 Å². The average molecular weight is 294 g/mol. The van der Waals surface area contributed by atoms with Crippen LogP contribution in [0.25, 0.3) is 11.1 Å². The van der Waals surface area contributed by atoms with Crippen molar-refractivity contribution in [3.8, 4) is 0 Å². The molecule has 0 radical (unpaired) electrons. The molecule has 20 heavy (non-hydrogen) atoms. The van der Waals surface area contributed by atoms with Gasteiger partial charge in [-0.2, -0.15) is 0 Å². The number of alkyl halides is 1. The van der Waals surface area contributed by atoms with Gasteiger partial charge in [0.2, 0.25) is 0 Å². The van der Waals surface area contributed by atoms with Gasteiger partial charge >= 0.3 is 0 Å². The summed E-state index contributed by atoms with van der Waals surface area (Å²) in [6, 6.07) is 10.5. The van der Waals surface area contributed by atoms with E-state index in [0.29, 0.717) is 17.0 Å². The van der Waals surface area contributed by atoms with Crippen molar-refractivity contribution >= 4 is 22.7 Å². The molecule has 0 aliphatic heterocycles. The number of hydrogen-bond acceptors (Lipinski definition) is 2. The van der Waals surface area contributed by atoms with Crippen molar-refractivity contribution in [2.45, 2.75) is 11.8 Å². The van der Waals surface area contributed by atoms with Gasteiger partial charge in [0.15, 0.2) is 11.5 Å². The lowest BCUT2D eigenvalue weighted by Gasteiger charge is -2.08. The molecule has 3 aromatic rings. The van der Waals surface area contributed by atoms with E-state index in [1.807, 2.05) is 18.2 Å². The molecular weight excluding hydrogens is 284 g/mol. The van der Waals surface area contributed by atoms with Gasteiger partial charge in [0.1, 0.15) is 17.2 Å². The molecule has 1 unspecified atom stereocenters. The smallest absolute Gasteiger partial charge is 0.197 e. The Morgan fingerprint density at radius 1 is 1.15 bits per heavy atom. The minimum atomic E-state index is -0.737. The van der Waals surface area contributed by atoms with Crippen molar-refractivity contribution < 1.29 is 13.2 Å². The zero-order chi connectivity index (χ0) is 14.1. The van der Waals surface area contributed by atoms with Crippen LogP contribution in [0.15, 0.2) is 46.9 Å². The average Bonchev–Trinajstić information content (AvgIpc) is 2.83. The number of para-hydroxylation sites is 2. The monoisotopic (exact) mass is 293 g/mol. The fourth-order valence-corrected chi connectivity index (χ4v) is 2.32. The maximum atomic E-state index is 13.6. The molecule has 2 nitrogen and oxygen atoms in total. The van der Waals surface area contributed by atoms with Crippen LogP contribution in [0, 0.1) is 11.6 Å². The lowest BCUT2D eigenvalue weighted by atomic mass is 10.1. The highest BCUT2D eigenvalue weighted by molar-refractivity contribution is 6.20. The first-order valence-electron chi connectivity index (χ1n) is 6.07. The predicted molar refractivity (Wildman–Crippen MR) is 72.7 cm³/mol. The maximum absolute atomic E-state index is 13.6. The highest BCUT2D eigenvalue weighted by Gasteiger charge is 2.17. The van der Waals surface area contributed by atoms with Gasteiger partial charge in [-0.05, 0) is 30.3 Å². The van der Waals surface area contributed by atoms with Gasteiger partial charge in [-0.25, -0.2) is 13.8 Å². The molecular formula is C15H10ClF2NO. The van der Waals surface area contributed by atoms with E-state index in [9.17, 15) is 8.78 Å². The summed E-state index contributed by atoms with van der Waals surface area (Å²) in [5.74, 6) is -0.665. The van der Waals surface area contributed by atoms with Crippen LogP contribution >= 0.6 is 11.6 Å². The zero-order valence-electron chi connectivity index (χ0n) is 10.3. The Hall–Kier alpha value is -1.94. The Labute approximate surface area is 119 Å². The molecule has 102 valence electrons. The first-order chi connectivity index (χ1) is 9.63. The predicted octanol–water partition coefficient (Wildman–Crippen LogP) is 4.63. The third kappa shape index (κ3) is 2.51. The first-order valence-corrected chi connectivity index (χ1v) is 6.50. The quantitative estimate of drug-likeness (QED) is 0.658. The van der Waals surface area contributed by atoms with Gasteiger partial charge in [0, 0.05) is 12.0 Å². The van der Waals surface area contributed by atoms with Gasteiger partial charge in [-0.1, -0.05) is 12.1 Å². The molecule has 0 amide bonds. The molecule has 0 aliphatic carbocycles. The van der Waals surface area contributed by atoms with E-state index in [-0.39, 0.29) is 12.0 Å². The van der Waals surface area contributed by atoms with Crippen molar-refractivity contribution in [2.75, 3.05) is 0 Å². The molecule has 0 saturated carbocycles. The van der Waals surface area contributed by atoms with E-state index in [4.69, 9.17) is 16.0 Å². The topological polar surface area (TPSA) is 26.0 Å². The zero-order valence-corrected chi connectivity index (χ0v) is 11.1. The van der Waals surface area contributed by atoms with Crippen LogP contribution in [0.3, 0.4) is 0 Å². The second-order valence-corrected chi connectivity index (χ2v) is 4.94. The Kier molecular flexibility index (Phi) is 3.40. The molecule has 3 rings (SSSR count). The third-order valence-electron chi connectivity index (χ3n) is 2.99. The normalized spacial score (nSPS) is 12.8. The van der Waals surface area contributed by atoms with Crippen molar-refractivity contribution in [1.29, 1.82) is 0 Å². The molecule has 0 N–H and O–H groups in total. The standard InChI is InChI=1S/C15H10ClF2NO/c16-11(10-7-9(17)5-6-12(10)18)8-15-19-13-3-1-2-4-14(13)20-15/h1-7,11H,8H2. The van der Waals surface area contributed by atoms with E-state index in [2.05, 4.69) is 4.98 Å². The van der Waals surface area contributed by atoms with Gasteiger partial charge in [-0.15, -0.1) is 11.6 Å². The lowest BCUT2D eigenvalue weighted by molar-refractivity contribution is 0.517. The number of oxazole rings is 1. The summed E-state index contributed by atoms with van der Waals surface area (Å²) in [6.07, 6.45) is 0.191. The molecule has 0 fully saturated rings. The molecule has 1 heterocycles. The molecule has 5 heteroatoms. The highest BCUT2D eigenvalue weighted by atomic mass is 35.5. The van der Waals surface area contributed by atoms with E-state index < -0.39 is 17.0 Å². The van der Waals surface area contributed by atoms with Crippen LogP contribution in [-0.4, -0.2) is 4.98 Å². The Balaban J connectivity index is 1.88. The van der Waals surface area contributed by atoms with Crippen molar-refractivity contribution in [3.63, 3.8) is 0 Å². The summed E-state index contributed by atoms with van der Waals surface area (Å²) in [6.45, 7) is 0. The number of benzene rings is 2. The fraction of sp³-hybridized carbons (Fsp3) is 0.133. The van der Waals surface area contributed by atoms with Gasteiger partial charge in [0.05, 0.1) is 5.38 Å². The van der Waals surface area contributed by atoms with Crippen LogP contribution in [0.2, 0.25) is 0 Å². The summed E-state index contributed by atoms with van der Waals surface area (Å²) >= 11 is 6.14. The molecule has 0 spiro atoms. The van der Waals surface area contributed by atoms with E-state index in [1.54, 1.807) is 6.07 Å². The van der Waals surface area contributed by atoms with Crippen molar-refractivity contribution in [2.24, 2.45) is 0 Å². The van der Waals surface area contributed by atoms with Crippen molar-refractivity contribution in [1.82, 2.24) is 4.98 Å². The SMILES string of the molecule is Fc1ccc(F)c(C(Cl)Cc2nc3ccccc3o2)c1. The number of halogens is 3. The number of hydrogen-bond donors (Lipinski definition) is 0. The van der Waals surface area contributed by atoms with Crippen LogP contribution < -0.4 is 0 Å². The molecule has 1 aromatic heterocycles. The second kappa shape index (κ2) is 5.21. The number of aromatic nitrogens is 1. The van der Waals surface area contributed by atoms with Crippen LogP contribution in [0.5, 0.6) is 0 Å². The Bertz CT molecular complexity index is 723. The van der Waals surface area contributed by atoms with Gasteiger partial charge in [0.25, 0.3) is 0 Å². The third-order valence-corrected chi connectivity index (χ3v) is 3.38. The van der Waals surface area contributed by atoms with E-state index in [1.165, 1.54) is 0 Å². The van der Waals surface area contributed by atoms with Gasteiger partial charge in [-0.3, -0.25) is 0 Å². The summed E-state index contributed by atoms with van der Waals surface area (Å²) in [4.78, 5) is 4.26. The summed E-state index contributed by atoms with van der Waals surface area (Å²) < 4.78 is 32.3. The largest absolute Gasteiger partial charge is 0.441 e. The summed E-state index contributed by atoms with van der Waals surface area (Å²) in [5.41, 5.74) is 1.46. The Morgan fingerprint density at radius 3 is 2.75 bits per heavy atom. The molecule has 1 atom stereocenters. The summed E-state index contributed by atoms with van der Waals surface area (Å²) in [7, 11) is 0. The maximum Gasteiger partial charge on any atom is 0.197 e. The van der Waals surface area contributed by atoms with Gasteiger partial charge < -0.3 is 4.42 Å². The highest BCUT2D eigenvalue weighted by Crippen LogP contribution is 2.28. The second-order valence-electron chi connectivity index (χ2n) is 4.41. The minimum absolute atomic E-state index is 0.105. The lowest BCUT2D eigenvalue weighted by Crippen LogP contribution is -2.00. The van der Waals surface area contributed by atoms with Crippen LogP contribution in [0.1, 0.15) is 16.8 Å². The molecule has 2 aromatic carbocycles. The molecule has 0 saturated heterocycles. The first kappa shape index (κ1) is 13.1. The van der Waals surface area contributed by atoms with Crippen LogP contribution in [-0.2, 0) is 6.42 Å². The Morgan fingerprint density at radius 2 is 1.95 bits per heavy atom. The number of rotatable bonds is 3. The molecule has 0 bridgehead atoms. The van der Waals surface area contributed by atoms with Crippen molar-refractivity contribution in [3.05, 3.63) is 65.6 Å². The minimum Gasteiger partial charge on any atom is -0.441 e. The fourth-order valence-electron chi connectivity index (χ4n) is 2.03. The molecule has 0 aliphatic rings.